The molecule has 0 aromatic heterocycles. The van der Waals surface area contributed by atoms with Gasteiger partial charge < -0.3 is 47.3 Å². The fourth-order valence-electron chi connectivity index (χ4n) is 0. The summed E-state index contributed by atoms with van der Waals surface area (Å²) < 4.78 is 0. The van der Waals surface area contributed by atoms with Crippen LogP contribution < -0.4 is 0 Å². The van der Waals surface area contributed by atoms with Crippen molar-refractivity contribution in [3.63, 3.8) is 0 Å². The minimum Gasteiger partial charge on any atom is -0.512 e. The zero-order chi connectivity index (χ0) is 8.00. The number of hydrogen-bond donors (Lipinski definition) is 0. The maximum atomic E-state index is 6.25. The molecule has 0 rings (SSSR count). The van der Waals surface area contributed by atoms with Crippen molar-refractivity contribution in [2.24, 2.45) is 0 Å². The fourth-order valence-corrected chi connectivity index (χ4v) is 0. The minimum atomic E-state index is 0. The van der Waals surface area contributed by atoms with Gasteiger partial charge in [0.1, 0.15) is 0 Å². The molecule has 0 amide bonds. The van der Waals surface area contributed by atoms with E-state index in [0.29, 0.717) is 0 Å². The van der Waals surface area contributed by atoms with Gasteiger partial charge in [0.2, 0.25) is 0 Å². The summed E-state index contributed by atoms with van der Waals surface area (Å²) in [5.41, 5.74) is 0. The van der Waals surface area contributed by atoms with E-state index in [2.05, 4.69) is 0 Å². The minimum absolute atomic E-state index is 0. The smallest absolute Gasteiger partial charge is 0.512 e. The first kappa shape index (κ1) is 51.3. The van der Waals surface area contributed by atoms with Gasteiger partial charge >= 0.3 is 16.8 Å². The second kappa shape index (κ2) is 82.2. The van der Waals surface area contributed by atoms with Crippen LogP contribution in [-0.4, -0.2) is 0 Å². The van der Waals surface area contributed by atoms with Crippen molar-refractivity contribution < 1.29 is 16.8 Å². The molecule has 0 aliphatic rings. The van der Waals surface area contributed by atoms with Crippen LogP contribution in [0, 0.1) is 47.3 Å². The molecule has 0 aromatic rings. The molecule has 0 saturated carbocycles. The Morgan fingerprint density at radius 3 is 0.444 bits per heavy atom. The van der Waals surface area contributed by atoms with Gasteiger partial charge in [-0.15, -0.1) is 0 Å². The molecule has 0 saturated heterocycles. The van der Waals surface area contributed by atoms with Gasteiger partial charge in [-0.25, -0.2) is 0 Å². The van der Waals surface area contributed by atoms with Gasteiger partial charge in [-0.2, -0.15) is 0 Å². The Balaban J connectivity index is -0.00000000762. The Labute approximate surface area is 64.7 Å². The van der Waals surface area contributed by atoms with Crippen LogP contribution in [-0.2, 0) is 16.8 Å². The molecule has 0 atom stereocenters. The molecule has 5 heteroatoms. The van der Waals surface area contributed by atoms with E-state index in [1.165, 1.54) is 0 Å². The van der Waals surface area contributed by atoms with Gasteiger partial charge in [-0.1, -0.05) is 0 Å². The molecule has 0 heterocycles. The van der Waals surface area contributed by atoms with Crippen LogP contribution in [0.25, 0.3) is 0 Å². The van der Waals surface area contributed by atoms with Gasteiger partial charge in [0, 0.05) is 0 Å². The fraction of sp³-hybridized carbons (Fsp3) is 0. The third kappa shape index (κ3) is 54.9. The third-order valence-electron chi connectivity index (χ3n) is 0. The van der Waals surface area contributed by atoms with Gasteiger partial charge in [-0.3, -0.25) is 0 Å². The first-order chi connectivity index (χ1) is 4.00. The number of hydrogen-bond acceptors (Lipinski definition) is 4. The van der Waals surface area contributed by atoms with Crippen LogP contribution >= 0.6 is 0 Å². The first-order valence-electron chi connectivity index (χ1n) is 0.894. The zero-order valence-electron chi connectivity index (χ0n) is 4.12. The van der Waals surface area contributed by atoms with E-state index < -0.39 is 0 Å². The molecular formula is C4CoN4-2. The average Bonchev–Trinajstić information content (AvgIpc) is 2.03. The van der Waals surface area contributed by atoms with E-state index in [9.17, 15) is 0 Å². The van der Waals surface area contributed by atoms with Crippen molar-refractivity contribution in [3.8, 4) is 0 Å². The van der Waals surface area contributed by atoms with Crippen molar-refractivity contribution in [1.82, 2.24) is 0 Å². The third-order valence-corrected chi connectivity index (χ3v) is 0. The van der Waals surface area contributed by atoms with E-state index in [-0.39, 0.29) is 16.8 Å². The first-order valence-corrected chi connectivity index (χ1v) is 0.894. The van der Waals surface area contributed by atoms with E-state index >= 15 is 0 Å². The van der Waals surface area contributed by atoms with Crippen LogP contribution in [0.5, 0.6) is 0 Å². The monoisotopic (exact) mass is 163 g/mol. The molecule has 1 radical (unpaired) electrons. The molecule has 0 N–H and O–H groups in total. The summed E-state index contributed by atoms with van der Waals surface area (Å²) in [7, 11) is 0. The summed E-state index contributed by atoms with van der Waals surface area (Å²) in [4.78, 5) is 0. The second-order valence-corrected chi connectivity index (χ2v) is 0. The van der Waals surface area contributed by atoms with Crippen molar-refractivity contribution in [2.45, 2.75) is 0 Å². The molecular weight excluding hydrogens is 163 g/mol. The van der Waals surface area contributed by atoms with Crippen LogP contribution in [0.15, 0.2) is 0 Å². The maximum absolute atomic E-state index is 6.25. The number of rotatable bonds is 0. The summed E-state index contributed by atoms with van der Waals surface area (Å²) >= 11 is 0. The van der Waals surface area contributed by atoms with Gasteiger partial charge in [-0.05, 0) is 0 Å². The molecule has 0 aliphatic carbocycles. The van der Waals surface area contributed by atoms with Gasteiger partial charge in [0.25, 0.3) is 0 Å². The normalized spacial score (nSPS) is 0.889. The van der Waals surface area contributed by atoms with Crippen molar-refractivity contribution in [1.29, 1.82) is 21.0 Å². The van der Waals surface area contributed by atoms with Gasteiger partial charge in [0.05, 0.1) is 0 Å². The molecule has 0 fully saturated rings. The standard InChI is InChI=1S/4CN.Co/c4*1-2;/q4*-1;+2. The second-order valence-electron chi connectivity index (χ2n) is 0. The van der Waals surface area contributed by atoms with Crippen LogP contribution in [0.4, 0.5) is 0 Å². The zero-order valence-corrected chi connectivity index (χ0v) is 5.16. The number of nitrogens with zero attached hydrogens (tertiary/aromatic N) is 4. The van der Waals surface area contributed by atoms with Crippen LogP contribution in [0.1, 0.15) is 0 Å². The summed E-state index contributed by atoms with van der Waals surface area (Å²) in [6.45, 7) is 19.0. The Hall–Kier alpha value is -1.53. The van der Waals surface area contributed by atoms with Crippen molar-refractivity contribution in [2.75, 3.05) is 0 Å². The molecule has 4 nitrogen and oxygen atoms in total. The quantitative estimate of drug-likeness (QED) is 0.482. The topological polar surface area (TPSA) is 95.2 Å². The van der Waals surface area contributed by atoms with Crippen LogP contribution in [0.2, 0.25) is 0 Å². The molecule has 0 bridgehead atoms. The molecule has 0 aliphatic heterocycles. The van der Waals surface area contributed by atoms with E-state index in [4.69, 9.17) is 47.3 Å². The Bertz CT molecular complexity index is 55.5. The Kier molecular flexibility index (Phi) is 469. The predicted octanol–water partition coefficient (Wildman–Crippen LogP) is 0.383. The largest absolute Gasteiger partial charge is 2.00 e. The molecule has 47 valence electrons. The molecule has 0 spiro atoms. The van der Waals surface area contributed by atoms with E-state index in [0.717, 1.165) is 0 Å². The maximum Gasteiger partial charge on any atom is 2.00 e. The summed E-state index contributed by atoms with van der Waals surface area (Å²) in [6, 6.07) is 0. The average molecular weight is 163 g/mol. The van der Waals surface area contributed by atoms with Gasteiger partial charge in [0.15, 0.2) is 0 Å². The predicted molar refractivity (Wildman–Crippen MR) is 19.9 cm³/mol. The molecule has 0 aromatic carbocycles. The van der Waals surface area contributed by atoms with E-state index in [1.807, 2.05) is 0 Å². The van der Waals surface area contributed by atoms with Crippen molar-refractivity contribution in [3.05, 3.63) is 26.3 Å². The Morgan fingerprint density at radius 2 is 0.444 bits per heavy atom. The summed E-state index contributed by atoms with van der Waals surface area (Å²) in [5.74, 6) is 0. The summed E-state index contributed by atoms with van der Waals surface area (Å²) in [5, 5.41) is 25.0. The molecule has 9 heavy (non-hydrogen) atoms. The summed E-state index contributed by atoms with van der Waals surface area (Å²) in [6.07, 6.45) is 0. The molecule has 0 unspecified atom stereocenters. The SMILES string of the molecule is [C-]#N.[C-]#N.[C-]#N.[C-]#N.[Co+2]. The Morgan fingerprint density at radius 1 is 0.444 bits per heavy atom. The van der Waals surface area contributed by atoms with Crippen molar-refractivity contribution >= 4 is 0 Å². The van der Waals surface area contributed by atoms with Crippen LogP contribution in [0.3, 0.4) is 0 Å². The van der Waals surface area contributed by atoms with E-state index in [1.54, 1.807) is 0 Å².